The number of Topliss-reactive ketones (excluding diaryl/α,β-unsaturated/α-hetero) is 1. The molecule has 3 heteroatoms. The molecule has 0 atom stereocenters. The van der Waals surface area contributed by atoms with E-state index in [1.807, 2.05) is 0 Å². The van der Waals surface area contributed by atoms with Gasteiger partial charge in [-0.25, -0.2) is 0 Å². The van der Waals surface area contributed by atoms with E-state index >= 15 is 0 Å². The van der Waals surface area contributed by atoms with Crippen LogP contribution in [0.3, 0.4) is 0 Å². The normalized spacial score (nSPS) is 8.07. The number of carboxylic acid groups (broad SMARTS) is 1. The molecule has 0 aromatic carbocycles. The number of hydrogen-bond acceptors (Lipinski definition) is 2. The third-order valence-electron chi connectivity index (χ3n) is 1.50. The summed E-state index contributed by atoms with van der Waals surface area (Å²) >= 11 is 0. The first kappa shape index (κ1) is 13.3. The summed E-state index contributed by atoms with van der Waals surface area (Å²) in [4.78, 5) is 20.6. The minimum atomic E-state index is -0.920. The Hall–Kier alpha value is -1.74. The lowest BCUT2D eigenvalue weighted by atomic mass is 10.2. The molecule has 0 heterocycles. The average molecular weight is 206 g/mol. The van der Waals surface area contributed by atoms with Crippen LogP contribution in [0.4, 0.5) is 0 Å². The maximum atomic E-state index is 10.6. The number of rotatable bonds is 4. The van der Waals surface area contributed by atoms with E-state index in [1.165, 1.54) is 0 Å². The number of carboxylic acids is 1. The summed E-state index contributed by atoms with van der Waals surface area (Å²) in [6.45, 7) is 1.56. The van der Waals surface area contributed by atoms with E-state index in [1.54, 1.807) is 6.92 Å². The zero-order valence-electron chi connectivity index (χ0n) is 8.80. The highest BCUT2D eigenvalue weighted by Gasteiger charge is 1.89. The van der Waals surface area contributed by atoms with Crippen molar-refractivity contribution in [1.82, 2.24) is 0 Å². The van der Waals surface area contributed by atoms with Crippen LogP contribution in [0.5, 0.6) is 0 Å². The fourth-order valence-corrected chi connectivity index (χ4v) is 0.821. The molecule has 0 fully saturated rings. The molecule has 3 nitrogen and oxygen atoms in total. The molecule has 1 N–H and O–H groups in total. The second kappa shape index (κ2) is 8.84. The quantitative estimate of drug-likeness (QED) is 0.561. The summed E-state index contributed by atoms with van der Waals surface area (Å²) in [6, 6.07) is 0. The van der Waals surface area contributed by atoms with Crippen LogP contribution in [0.15, 0.2) is 0 Å². The van der Waals surface area contributed by atoms with Crippen LogP contribution in [-0.2, 0) is 9.59 Å². The van der Waals surface area contributed by atoms with Crippen molar-refractivity contribution in [2.45, 2.75) is 39.0 Å². The van der Waals surface area contributed by atoms with E-state index in [0.29, 0.717) is 19.3 Å². The standard InChI is InChI=1S/C12H14O3/c1-11(13)9-7-5-3-2-4-6-8-10-12(14)15/h4-5,7,9-10H2,1H3,(H,14,15). The molecule has 0 amide bonds. The van der Waals surface area contributed by atoms with Gasteiger partial charge in [0.15, 0.2) is 0 Å². The highest BCUT2D eigenvalue weighted by atomic mass is 16.4. The fourth-order valence-electron chi connectivity index (χ4n) is 0.821. The lowest BCUT2D eigenvalue weighted by molar-refractivity contribution is -0.135. The number of unbranched alkanes of at least 4 members (excludes halogenated alkanes) is 1. The largest absolute Gasteiger partial charge is 0.481 e. The molecular formula is C12H14O3. The van der Waals surface area contributed by atoms with Crippen LogP contribution in [0.2, 0.25) is 0 Å². The SMILES string of the molecule is CC(=O)CCCC#CCC#CCC(=O)O. The molecule has 0 aromatic rings. The Morgan fingerprint density at radius 2 is 1.80 bits per heavy atom. The van der Waals surface area contributed by atoms with E-state index in [2.05, 4.69) is 23.7 Å². The second-order valence-corrected chi connectivity index (χ2v) is 3.01. The van der Waals surface area contributed by atoms with Gasteiger partial charge in [0.2, 0.25) is 0 Å². The summed E-state index contributed by atoms with van der Waals surface area (Å²) < 4.78 is 0. The summed E-state index contributed by atoms with van der Waals surface area (Å²) in [7, 11) is 0. The molecule has 0 rings (SSSR count). The first-order valence-corrected chi connectivity index (χ1v) is 4.75. The average Bonchev–Trinajstić information content (AvgIpc) is 2.14. The molecule has 0 aromatic heterocycles. The maximum absolute atomic E-state index is 10.6. The van der Waals surface area contributed by atoms with Gasteiger partial charge in [-0.05, 0) is 13.3 Å². The van der Waals surface area contributed by atoms with Crippen molar-refractivity contribution in [1.29, 1.82) is 0 Å². The van der Waals surface area contributed by atoms with Gasteiger partial charge in [-0.1, -0.05) is 17.8 Å². The van der Waals surface area contributed by atoms with Crippen LogP contribution < -0.4 is 0 Å². The molecule has 0 aliphatic carbocycles. The molecule has 0 unspecified atom stereocenters. The zero-order chi connectivity index (χ0) is 11.5. The fraction of sp³-hybridized carbons (Fsp3) is 0.500. The highest BCUT2D eigenvalue weighted by Crippen LogP contribution is 1.94. The minimum absolute atomic E-state index is 0.133. The smallest absolute Gasteiger partial charge is 0.315 e. The number of ketones is 1. The Morgan fingerprint density at radius 3 is 2.40 bits per heavy atom. The molecule has 0 spiro atoms. The Morgan fingerprint density at radius 1 is 1.13 bits per heavy atom. The highest BCUT2D eigenvalue weighted by molar-refractivity contribution is 5.75. The Labute approximate surface area is 89.9 Å². The van der Waals surface area contributed by atoms with E-state index in [-0.39, 0.29) is 12.2 Å². The Bertz CT molecular complexity index is 333. The van der Waals surface area contributed by atoms with Gasteiger partial charge in [0.1, 0.15) is 12.2 Å². The van der Waals surface area contributed by atoms with E-state index in [9.17, 15) is 9.59 Å². The number of carbonyl (C=O) groups is 2. The predicted octanol–water partition coefficient (Wildman–Crippen LogP) is 1.62. The van der Waals surface area contributed by atoms with Crippen molar-refractivity contribution >= 4 is 11.8 Å². The topological polar surface area (TPSA) is 54.4 Å². The van der Waals surface area contributed by atoms with Crippen molar-refractivity contribution in [3.8, 4) is 23.7 Å². The van der Waals surface area contributed by atoms with Gasteiger partial charge in [0, 0.05) is 12.8 Å². The number of aliphatic carboxylic acids is 1. The maximum Gasteiger partial charge on any atom is 0.315 e. The summed E-state index contributed by atoms with van der Waals surface area (Å²) in [5, 5.41) is 8.27. The Balaban J connectivity index is 3.49. The molecule has 0 aliphatic rings. The van der Waals surface area contributed by atoms with Gasteiger partial charge in [-0.2, -0.15) is 0 Å². The molecule has 15 heavy (non-hydrogen) atoms. The minimum Gasteiger partial charge on any atom is -0.481 e. The molecule has 0 saturated heterocycles. The Kier molecular flexibility index (Phi) is 7.82. The summed E-state index contributed by atoms with van der Waals surface area (Å²) in [6.07, 6.45) is 2.31. The van der Waals surface area contributed by atoms with Gasteiger partial charge in [-0.3, -0.25) is 4.79 Å². The van der Waals surface area contributed by atoms with E-state index in [4.69, 9.17) is 5.11 Å². The molecule has 0 radical (unpaired) electrons. The van der Waals surface area contributed by atoms with Crippen LogP contribution in [0, 0.1) is 23.7 Å². The molecule has 0 saturated carbocycles. The summed E-state index contributed by atoms with van der Waals surface area (Å²) in [5.41, 5.74) is 0. The monoisotopic (exact) mass is 206 g/mol. The van der Waals surface area contributed by atoms with E-state index < -0.39 is 5.97 Å². The third kappa shape index (κ3) is 12.3. The van der Waals surface area contributed by atoms with E-state index in [0.717, 1.165) is 6.42 Å². The van der Waals surface area contributed by atoms with Crippen molar-refractivity contribution in [3.63, 3.8) is 0 Å². The molecular weight excluding hydrogens is 192 g/mol. The zero-order valence-corrected chi connectivity index (χ0v) is 8.80. The van der Waals surface area contributed by atoms with Crippen LogP contribution in [0.1, 0.15) is 39.0 Å². The van der Waals surface area contributed by atoms with Gasteiger partial charge in [0.25, 0.3) is 0 Å². The van der Waals surface area contributed by atoms with Crippen LogP contribution in [-0.4, -0.2) is 16.9 Å². The van der Waals surface area contributed by atoms with Gasteiger partial charge < -0.3 is 9.90 Å². The molecule has 80 valence electrons. The summed E-state index contributed by atoms with van der Waals surface area (Å²) in [5.74, 6) is 10.1. The van der Waals surface area contributed by atoms with Crippen LogP contribution >= 0.6 is 0 Å². The second-order valence-electron chi connectivity index (χ2n) is 3.01. The number of carbonyl (C=O) groups excluding carboxylic acids is 1. The van der Waals surface area contributed by atoms with Crippen LogP contribution in [0.25, 0.3) is 0 Å². The van der Waals surface area contributed by atoms with Gasteiger partial charge in [0.05, 0.1) is 6.42 Å². The van der Waals surface area contributed by atoms with Crippen molar-refractivity contribution in [3.05, 3.63) is 0 Å². The lowest BCUT2D eigenvalue weighted by Gasteiger charge is -1.87. The third-order valence-corrected chi connectivity index (χ3v) is 1.50. The van der Waals surface area contributed by atoms with Crippen molar-refractivity contribution in [2.75, 3.05) is 0 Å². The number of hydrogen-bond donors (Lipinski definition) is 1. The molecule has 0 aliphatic heterocycles. The first-order valence-electron chi connectivity index (χ1n) is 4.75. The predicted molar refractivity (Wildman–Crippen MR) is 57.0 cm³/mol. The first-order chi connectivity index (χ1) is 7.13. The lowest BCUT2D eigenvalue weighted by Crippen LogP contribution is -1.89. The molecule has 0 bridgehead atoms. The van der Waals surface area contributed by atoms with Crippen molar-refractivity contribution < 1.29 is 14.7 Å². The van der Waals surface area contributed by atoms with Crippen molar-refractivity contribution in [2.24, 2.45) is 0 Å². The van der Waals surface area contributed by atoms with Gasteiger partial charge >= 0.3 is 5.97 Å². The van der Waals surface area contributed by atoms with Gasteiger partial charge in [-0.15, -0.1) is 5.92 Å².